The molecule has 1 fully saturated rings. The average molecular weight is 396 g/mol. The van der Waals surface area contributed by atoms with Crippen LogP contribution >= 0.6 is 11.6 Å². The van der Waals surface area contributed by atoms with Crippen LogP contribution in [0, 0.1) is 18.6 Å². The van der Waals surface area contributed by atoms with Crippen LogP contribution in [-0.2, 0) is 6.54 Å². The highest BCUT2D eigenvalue weighted by atomic mass is 35.5. The van der Waals surface area contributed by atoms with Crippen molar-refractivity contribution >= 4 is 11.6 Å². The first-order valence-electron chi connectivity index (χ1n) is 9.12. The van der Waals surface area contributed by atoms with Gasteiger partial charge in [-0.1, -0.05) is 23.7 Å². The first kappa shape index (κ1) is 20.1. The number of likely N-dealkylation sites (tertiary alicyclic amines) is 1. The van der Waals surface area contributed by atoms with Crippen LogP contribution in [0.5, 0.6) is 5.75 Å². The van der Waals surface area contributed by atoms with Gasteiger partial charge >= 0.3 is 0 Å². The van der Waals surface area contributed by atoms with E-state index >= 15 is 0 Å². The van der Waals surface area contributed by atoms with Crippen LogP contribution in [0.25, 0.3) is 0 Å². The number of ether oxygens (including phenoxy) is 1. The maximum Gasteiger partial charge on any atom is 0.159 e. The van der Waals surface area contributed by atoms with Gasteiger partial charge in [-0.15, -0.1) is 0 Å². The lowest BCUT2D eigenvalue weighted by atomic mass is 9.96. The molecule has 0 aliphatic carbocycles. The standard InChI is InChI=1S/C21H24ClF2NO2/c1-15-3-5-17(22)20(11-15)27-14-21(26)7-2-9-25(10-8-21)13-16-4-6-18(23)19(24)12-16/h3-6,11-12,26H,2,7-10,13-14H2,1H3. The summed E-state index contributed by atoms with van der Waals surface area (Å²) >= 11 is 6.16. The van der Waals surface area contributed by atoms with Crippen LogP contribution in [0.3, 0.4) is 0 Å². The topological polar surface area (TPSA) is 32.7 Å². The van der Waals surface area contributed by atoms with Gasteiger partial charge < -0.3 is 9.84 Å². The molecule has 0 saturated carbocycles. The largest absolute Gasteiger partial charge is 0.489 e. The molecule has 0 amide bonds. The van der Waals surface area contributed by atoms with Gasteiger partial charge in [0, 0.05) is 13.1 Å². The second-order valence-electron chi connectivity index (χ2n) is 7.33. The molecule has 1 saturated heterocycles. The van der Waals surface area contributed by atoms with Crippen LogP contribution in [0.4, 0.5) is 8.78 Å². The molecule has 2 aromatic rings. The average Bonchev–Trinajstić information content (AvgIpc) is 2.81. The number of nitrogens with zero attached hydrogens (tertiary/aromatic N) is 1. The second kappa shape index (κ2) is 8.55. The Morgan fingerprint density at radius 3 is 2.70 bits per heavy atom. The fourth-order valence-electron chi connectivity index (χ4n) is 3.37. The molecule has 2 aromatic carbocycles. The molecular formula is C21H24ClF2NO2. The molecule has 0 aromatic heterocycles. The lowest BCUT2D eigenvalue weighted by Crippen LogP contribution is -2.37. The number of aryl methyl sites for hydroxylation is 1. The quantitative estimate of drug-likeness (QED) is 0.794. The lowest BCUT2D eigenvalue weighted by Gasteiger charge is -2.27. The molecule has 1 atom stereocenters. The minimum absolute atomic E-state index is 0.176. The molecule has 0 spiro atoms. The Hall–Kier alpha value is -1.69. The van der Waals surface area contributed by atoms with Gasteiger partial charge in [-0.25, -0.2) is 8.78 Å². The zero-order valence-corrected chi connectivity index (χ0v) is 16.1. The maximum atomic E-state index is 13.4. The van der Waals surface area contributed by atoms with Gasteiger partial charge in [0.15, 0.2) is 11.6 Å². The van der Waals surface area contributed by atoms with Crippen molar-refractivity contribution in [2.24, 2.45) is 0 Å². The smallest absolute Gasteiger partial charge is 0.159 e. The maximum absolute atomic E-state index is 13.4. The third-order valence-corrected chi connectivity index (χ3v) is 5.30. The summed E-state index contributed by atoms with van der Waals surface area (Å²) in [6, 6.07) is 9.53. The van der Waals surface area contributed by atoms with Gasteiger partial charge in [0.25, 0.3) is 0 Å². The van der Waals surface area contributed by atoms with Crippen LogP contribution in [0.1, 0.15) is 30.4 Å². The monoisotopic (exact) mass is 395 g/mol. The van der Waals surface area contributed by atoms with Crippen molar-refractivity contribution < 1.29 is 18.6 Å². The second-order valence-corrected chi connectivity index (χ2v) is 7.73. The van der Waals surface area contributed by atoms with E-state index in [1.165, 1.54) is 6.07 Å². The zero-order chi connectivity index (χ0) is 19.4. The summed E-state index contributed by atoms with van der Waals surface area (Å²) in [4.78, 5) is 2.14. The van der Waals surface area contributed by atoms with E-state index < -0.39 is 17.2 Å². The number of benzene rings is 2. The fraction of sp³-hybridized carbons (Fsp3) is 0.429. The fourth-order valence-corrected chi connectivity index (χ4v) is 3.54. The molecule has 3 nitrogen and oxygen atoms in total. The SMILES string of the molecule is Cc1ccc(Cl)c(OCC2(O)CCCN(Cc3ccc(F)c(F)c3)CC2)c1. The van der Waals surface area contributed by atoms with Gasteiger partial charge in [0.2, 0.25) is 0 Å². The predicted molar refractivity (Wildman–Crippen MR) is 102 cm³/mol. The normalized spacial score (nSPS) is 21.1. The Bertz CT molecular complexity index is 802. The first-order valence-corrected chi connectivity index (χ1v) is 9.50. The van der Waals surface area contributed by atoms with Crippen LogP contribution in [0.15, 0.2) is 36.4 Å². The Balaban J connectivity index is 1.58. The lowest BCUT2D eigenvalue weighted by molar-refractivity contribution is -0.0168. The van der Waals surface area contributed by atoms with E-state index in [-0.39, 0.29) is 6.61 Å². The van der Waals surface area contributed by atoms with Crippen molar-refractivity contribution in [1.29, 1.82) is 0 Å². The Morgan fingerprint density at radius 1 is 1.11 bits per heavy atom. The van der Waals surface area contributed by atoms with E-state index in [1.54, 1.807) is 12.1 Å². The third kappa shape index (κ3) is 5.41. The van der Waals surface area contributed by atoms with Crippen molar-refractivity contribution in [3.63, 3.8) is 0 Å². The summed E-state index contributed by atoms with van der Waals surface area (Å²) in [5.41, 5.74) is 0.831. The Labute approximate surface area is 163 Å². The molecule has 1 N–H and O–H groups in total. The highest BCUT2D eigenvalue weighted by Gasteiger charge is 2.31. The van der Waals surface area contributed by atoms with Gasteiger partial charge in [-0.2, -0.15) is 0 Å². The van der Waals surface area contributed by atoms with Crippen molar-refractivity contribution in [2.45, 2.75) is 38.3 Å². The van der Waals surface area contributed by atoms with Crippen molar-refractivity contribution in [1.82, 2.24) is 4.90 Å². The molecule has 0 radical (unpaired) electrons. The third-order valence-electron chi connectivity index (χ3n) is 4.98. The van der Waals surface area contributed by atoms with Crippen LogP contribution in [-0.4, -0.2) is 35.3 Å². The molecule has 3 rings (SSSR count). The minimum atomic E-state index is -0.935. The van der Waals surface area contributed by atoms with Gasteiger partial charge in [-0.3, -0.25) is 4.90 Å². The van der Waals surface area contributed by atoms with E-state index in [4.69, 9.17) is 16.3 Å². The van der Waals surface area contributed by atoms with Gasteiger partial charge in [0.1, 0.15) is 12.4 Å². The van der Waals surface area contributed by atoms with Crippen LogP contribution < -0.4 is 4.74 Å². The van der Waals surface area contributed by atoms with Gasteiger partial charge in [0.05, 0.1) is 10.6 Å². The molecule has 0 bridgehead atoms. The summed E-state index contributed by atoms with van der Waals surface area (Å²) in [5.74, 6) is -1.09. The van der Waals surface area contributed by atoms with E-state index in [2.05, 4.69) is 4.90 Å². The van der Waals surface area contributed by atoms with E-state index in [0.29, 0.717) is 36.7 Å². The molecule has 27 heavy (non-hydrogen) atoms. The zero-order valence-electron chi connectivity index (χ0n) is 15.4. The molecule has 1 unspecified atom stereocenters. The van der Waals surface area contributed by atoms with Crippen LogP contribution in [0.2, 0.25) is 5.02 Å². The summed E-state index contributed by atoms with van der Waals surface area (Å²) in [6.45, 7) is 4.10. The summed E-state index contributed by atoms with van der Waals surface area (Å²) in [5, 5.41) is 11.5. The molecule has 1 aliphatic rings. The van der Waals surface area contributed by atoms with Crippen molar-refractivity contribution in [2.75, 3.05) is 19.7 Å². The molecule has 1 aliphatic heterocycles. The number of hydrogen-bond acceptors (Lipinski definition) is 3. The Morgan fingerprint density at radius 2 is 1.93 bits per heavy atom. The minimum Gasteiger partial charge on any atom is -0.489 e. The highest BCUT2D eigenvalue weighted by Crippen LogP contribution is 2.29. The highest BCUT2D eigenvalue weighted by molar-refractivity contribution is 6.32. The summed E-state index contributed by atoms with van der Waals surface area (Å²) < 4.78 is 32.3. The molecular weight excluding hydrogens is 372 g/mol. The van der Waals surface area contributed by atoms with Crippen molar-refractivity contribution in [3.8, 4) is 5.75 Å². The van der Waals surface area contributed by atoms with Gasteiger partial charge in [-0.05, 0) is 68.1 Å². The summed E-state index contributed by atoms with van der Waals surface area (Å²) in [7, 11) is 0. The first-order chi connectivity index (χ1) is 12.8. The van der Waals surface area contributed by atoms with E-state index in [1.807, 2.05) is 19.1 Å². The Kier molecular flexibility index (Phi) is 6.35. The summed E-state index contributed by atoms with van der Waals surface area (Å²) in [6.07, 6.45) is 1.95. The number of aliphatic hydroxyl groups is 1. The van der Waals surface area contributed by atoms with E-state index in [9.17, 15) is 13.9 Å². The number of halogens is 3. The van der Waals surface area contributed by atoms with Crippen molar-refractivity contribution in [3.05, 3.63) is 64.2 Å². The molecule has 1 heterocycles. The predicted octanol–water partition coefficient (Wildman–Crippen LogP) is 4.72. The number of hydrogen-bond donors (Lipinski definition) is 1. The number of rotatable bonds is 5. The molecule has 6 heteroatoms. The molecule has 146 valence electrons. The van der Waals surface area contributed by atoms with E-state index in [0.717, 1.165) is 30.2 Å².